The number of fused-ring (bicyclic) bond motifs is 1. The summed E-state index contributed by atoms with van der Waals surface area (Å²) >= 11 is 0. The van der Waals surface area contributed by atoms with Gasteiger partial charge in [-0.25, -0.2) is 9.67 Å². The van der Waals surface area contributed by atoms with Crippen LogP contribution >= 0.6 is 0 Å². The lowest BCUT2D eigenvalue weighted by atomic mass is 10.1. The molecule has 136 valence electrons. The van der Waals surface area contributed by atoms with Crippen molar-refractivity contribution in [2.75, 3.05) is 13.2 Å². The number of hydrogen-bond donors (Lipinski definition) is 1. The maximum atomic E-state index is 5.85. The van der Waals surface area contributed by atoms with E-state index in [1.54, 1.807) is 6.33 Å². The minimum Gasteiger partial charge on any atom is -0.490 e. The highest BCUT2D eigenvalue weighted by Crippen LogP contribution is 2.29. The molecule has 1 unspecified atom stereocenters. The van der Waals surface area contributed by atoms with Crippen LogP contribution in [0.3, 0.4) is 0 Å². The van der Waals surface area contributed by atoms with Crippen molar-refractivity contribution >= 4 is 0 Å². The Morgan fingerprint density at radius 2 is 2.16 bits per heavy atom. The first-order chi connectivity index (χ1) is 12.3. The molecule has 6 heteroatoms. The molecule has 0 fully saturated rings. The molecule has 0 radical (unpaired) electrons. The van der Waals surface area contributed by atoms with E-state index in [9.17, 15) is 0 Å². The van der Waals surface area contributed by atoms with E-state index in [0.29, 0.717) is 12.6 Å². The molecule has 0 bridgehead atoms. The van der Waals surface area contributed by atoms with Crippen molar-refractivity contribution in [1.82, 2.24) is 20.1 Å². The van der Waals surface area contributed by atoms with Crippen molar-refractivity contribution in [1.29, 1.82) is 0 Å². The molecular weight excluding hydrogens is 316 g/mol. The molecule has 1 aliphatic rings. The van der Waals surface area contributed by atoms with Crippen LogP contribution in [0.25, 0.3) is 0 Å². The van der Waals surface area contributed by atoms with Gasteiger partial charge in [-0.1, -0.05) is 19.4 Å². The predicted octanol–water partition coefficient (Wildman–Crippen LogP) is 2.96. The zero-order valence-corrected chi connectivity index (χ0v) is 15.2. The Hall–Kier alpha value is -2.08. The third-order valence-electron chi connectivity index (χ3n) is 4.46. The molecule has 0 aliphatic carbocycles. The number of hydrogen-bond acceptors (Lipinski definition) is 5. The molecule has 0 saturated carbocycles. The van der Waals surface area contributed by atoms with Crippen molar-refractivity contribution in [3.05, 3.63) is 35.9 Å². The topological polar surface area (TPSA) is 61.2 Å². The summed E-state index contributed by atoms with van der Waals surface area (Å²) in [6.07, 6.45) is 5.90. The Balaban J connectivity index is 1.57. The second kappa shape index (κ2) is 8.85. The molecule has 0 saturated heterocycles. The summed E-state index contributed by atoms with van der Waals surface area (Å²) in [6.45, 7) is 7.22. The summed E-state index contributed by atoms with van der Waals surface area (Å²) in [5, 5.41) is 7.90. The number of ether oxygens (including phenoxy) is 2. The molecule has 3 rings (SSSR count). The van der Waals surface area contributed by atoms with E-state index >= 15 is 0 Å². The fourth-order valence-electron chi connectivity index (χ4n) is 3.04. The van der Waals surface area contributed by atoms with Gasteiger partial charge in [0.25, 0.3) is 0 Å². The first-order valence-corrected chi connectivity index (χ1v) is 9.28. The van der Waals surface area contributed by atoms with Gasteiger partial charge in [0.2, 0.25) is 0 Å². The van der Waals surface area contributed by atoms with Gasteiger partial charge in [0.15, 0.2) is 11.5 Å². The van der Waals surface area contributed by atoms with Crippen LogP contribution in [0.15, 0.2) is 24.5 Å². The van der Waals surface area contributed by atoms with Crippen molar-refractivity contribution < 1.29 is 9.47 Å². The van der Waals surface area contributed by atoms with E-state index < -0.39 is 0 Å². The fourth-order valence-corrected chi connectivity index (χ4v) is 3.04. The number of nitrogens with zero attached hydrogens (tertiary/aromatic N) is 3. The minimum absolute atomic E-state index is 0.422. The Bertz CT molecular complexity index is 671. The van der Waals surface area contributed by atoms with Crippen LogP contribution in [0.2, 0.25) is 0 Å². The Morgan fingerprint density at radius 3 is 3.00 bits per heavy atom. The minimum atomic E-state index is 0.422. The summed E-state index contributed by atoms with van der Waals surface area (Å²) in [5.41, 5.74) is 1.20. The predicted molar refractivity (Wildman–Crippen MR) is 97.0 cm³/mol. The van der Waals surface area contributed by atoms with Crippen LogP contribution < -0.4 is 14.8 Å². The SMILES string of the molecule is CCCCOc1ccc(CNC2CCc3ncnn3C2)cc1OCC. The summed E-state index contributed by atoms with van der Waals surface area (Å²) in [7, 11) is 0. The molecule has 2 aromatic rings. The summed E-state index contributed by atoms with van der Waals surface area (Å²) in [4.78, 5) is 4.28. The molecular formula is C19H28N4O2. The number of rotatable bonds is 9. The average Bonchev–Trinajstić information content (AvgIpc) is 3.09. The second-order valence-corrected chi connectivity index (χ2v) is 6.39. The molecule has 1 aromatic heterocycles. The fraction of sp³-hybridized carbons (Fsp3) is 0.579. The van der Waals surface area contributed by atoms with Gasteiger partial charge in [0.05, 0.1) is 19.8 Å². The largest absolute Gasteiger partial charge is 0.490 e. The average molecular weight is 344 g/mol. The molecule has 2 heterocycles. The van der Waals surface area contributed by atoms with Gasteiger partial charge in [-0.3, -0.25) is 0 Å². The first-order valence-electron chi connectivity index (χ1n) is 9.28. The number of aryl methyl sites for hydroxylation is 1. The lowest BCUT2D eigenvalue weighted by molar-refractivity contribution is 0.272. The third-order valence-corrected chi connectivity index (χ3v) is 4.46. The smallest absolute Gasteiger partial charge is 0.161 e. The van der Waals surface area contributed by atoms with Gasteiger partial charge in [-0.15, -0.1) is 0 Å². The first kappa shape index (κ1) is 17.7. The van der Waals surface area contributed by atoms with Gasteiger partial charge in [-0.05, 0) is 37.5 Å². The van der Waals surface area contributed by atoms with Crippen LogP contribution in [0, 0.1) is 0 Å². The van der Waals surface area contributed by atoms with Crippen molar-refractivity contribution in [3.63, 3.8) is 0 Å². The quantitative estimate of drug-likeness (QED) is 0.709. The molecule has 1 aromatic carbocycles. The summed E-state index contributed by atoms with van der Waals surface area (Å²) in [6, 6.07) is 6.64. The van der Waals surface area contributed by atoms with Gasteiger partial charge in [0.1, 0.15) is 12.2 Å². The van der Waals surface area contributed by atoms with Gasteiger partial charge in [-0.2, -0.15) is 5.10 Å². The Morgan fingerprint density at radius 1 is 1.24 bits per heavy atom. The van der Waals surface area contributed by atoms with Gasteiger partial charge < -0.3 is 14.8 Å². The highest BCUT2D eigenvalue weighted by atomic mass is 16.5. The van der Waals surface area contributed by atoms with Crippen LogP contribution in [-0.4, -0.2) is 34.0 Å². The van der Waals surface area contributed by atoms with E-state index in [4.69, 9.17) is 9.47 Å². The number of unbranched alkanes of at least 4 members (excludes halogenated alkanes) is 1. The lowest BCUT2D eigenvalue weighted by Gasteiger charge is -2.24. The lowest BCUT2D eigenvalue weighted by Crippen LogP contribution is -2.37. The van der Waals surface area contributed by atoms with Crippen LogP contribution in [0.1, 0.15) is 44.5 Å². The van der Waals surface area contributed by atoms with E-state index in [2.05, 4.69) is 34.5 Å². The number of nitrogens with one attached hydrogen (secondary N) is 1. The highest BCUT2D eigenvalue weighted by Gasteiger charge is 2.19. The third kappa shape index (κ3) is 4.72. The Kier molecular flexibility index (Phi) is 6.28. The van der Waals surface area contributed by atoms with Crippen LogP contribution in [-0.2, 0) is 19.5 Å². The maximum Gasteiger partial charge on any atom is 0.161 e. The van der Waals surface area contributed by atoms with E-state index in [0.717, 1.165) is 62.7 Å². The van der Waals surface area contributed by atoms with Crippen LogP contribution in [0.4, 0.5) is 0 Å². The number of aromatic nitrogens is 3. The molecule has 0 amide bonds. The molecule has 1 N–H and O–H groups in total. The standard InChI is InChI=1S/C19H28N4O2/c1-3-5-10-25-17-8-6-15(11-18(17)24-4-2)12-20-16-7-9-19-21-14-22-23(19)13-16/h6,8,11,14,16,20H,3-5,7,9-10,12-13H2,1-2H3. The zero-order valence-electron chi connectivity index (χ0n) is 15.2. The molecule has 25 heavy (non-hydrogen) atoms. The summed E-state index contributed by atoms with van der Waals surface area (Å²) in [5.74, 6) is 2.76. The monoisotopic (exact) mass is 344 g/mol. The zero-order chi connectivity index (χ0) is 17.5. The van der Waals surface area contributed by atoms with Crippen molar-refractivity contribution in [2.45, 2.75) is 58.7 Å². The Labute approximate surface area is 149 Å². The normalized spacial score (nSPS) is 16.5. The van der Waals surface area contributed by atoms with Gasteiger partial charge in [0, 0.05) is 19.0 Å². The van der Waals surface area contributed by atoms with Crippen molar-refractivity contribution in [3.8, 4) is 11.5 Å². The molecule has 6 nitrogen and oxygen atoms in total. The van der Waals surface area contributed by atoms with E-state index in [-0.39, 0.29) is 0 Å². The van der Waals surface area contributed by atoms with Crippen molar-refractivity contribution in [2.24, 2.45) is 0 Å². The van der Waals surface area contributed by atoms with E-state index in [1.807, 2.05) is 17.7 Å². The highest BCUT2D eigenvalue weighted by molar-refractivity contribution is 5.43. The summed E-state index contributed by atoms with van der Waals surface area (Å²) < 4.78 is 13.6. The maximum absolute atomic E-state index is 5.85. The van der Waals surface area contributed by atoms with E-state index in [1.165, 1.54) is 5.56 Å². The second-order valence-electron chi connectivity index (χ2n) is 6.39. The molecule has 0 spiro atoms. The molecule has 1 aliphatic heterocycles. The number of benzene rings is 1. The van der Waals surface area contributed by atoms with Gasteiger partial charge >= 0.3 is 0 Å². The molecule has 1 atom stereocenters. The van der Waals surface area contributed by atoms with Crippen LogP contribution in [0.5, 0.6) is 11.5 Å².